The number of aromatic nitrogens is 3. The third-order valence-electron chi connectivity index (χ3n) is 5.42. The fraction of sp³-hybridized carbons (Fsp3) is 0.824. The fourth-order valence-corrected chi connectivity index (χ4v) is 3.77. The van der Waals surface area contributed by atoms with Crippen molar-refractivity contribution >= 4 is 5.91 Å². The number of likely N-dealkylation sites (tertiary alicyclic amines) is 1. The molecule has 0 bridgehead atoms. The number of β-amino-alcohol motifs (C(OH)–C–C–N with tert-alkyl or cyclic N) is 1. The lowest BCUT2D eigenvalue weighted by Crippen LogP contribution is -2.51. The molecule has 2 saturated heterocycles. The van der Waals surface area contributed by atoms with Gasteiger partial charge in [-0.05, 0) is 26.4 Å². The first-order valence-corrected chi connectivity index (χ1v) is 9.19. The number of amides is 1. The molecule has 1 N–H and O–H groups in total. The summed E-state index contributed by atoms with van der Waals surface area (Å²) in [5.74, 6) is 1.04. The molecule has 0 spiro atoms. The van der Waals surface area contributed by atoms with Gasteiger partial charge in [-0.2, -0.15) is 0 Å². The molecule has 3 rings (SSSR count). The van der Waals surface area contributed by atoms with Crippen LogP contribution in [0.1, 0.15) is 25.1 Å². The number of piperidine rings is 1. The predicted molar refractivity (Wildman–Crippen MR) is 94.0 cm³/mol. The van der Waals surface area contributed by atoms with Crippen LogP contribution in [0.25, 0.3) is 0 Å². The van der Waals surface area contributed by atoms with Crippen LogP contribution in [0.15, 0.2) is 6.33 Å². The molecular weight excluding hydrogens is 320 g/mol. The zero-order valence-electron chi connectivity index (χ0n) is 15.4. The maximum atomic E-state index is 12.4. The average molecular weight is 350 g/mol. The van der Waals surface area contributed by atoms with E-state index >= 15 is 0 Å². The van der Waals surface area contributed by atoms with Crippen LogP contribution < -0.4 is 0 Å². The van der Waals surface area contributed by atoms with Gasteiger partial charge in [0.15, 0.2) is 0 Å². The SMILES string of the molecule is CN1CCN(C(=O)CCN2CCCC(O)(Cc3nncn3C)C2)CC1. The number of carbonyl (C=O) groups is 1. The van der Waals surface area contributed by atoms with Crippen molar-refractivity contribution < 1.29 is 9.90 Å². The molecule has 1 amide bonds. The number of rotatable bonds is 5. The van der Waals surface area contributed by atoms with E-state index in [2.05, 4.69) is 27.0 Å². The molecule has 0 aromatic carbocycles. The maximum Gasteiger partial charge on any atom is 0.223 e. The fourth-order valence-electron chi connectivity index (χ4n) is 3.77. The molecule has 2 aliphatic rings. The second kappa shape index (κ2) is 7.80. The van der Waals surface area contributed by atoms with Crippen molar-refractivity contribution in [3.63, 3.8) is 0 Å². The van der Waals surface area contributed by atoms with E-state index in [0.29, 0.717) is 25.9 Å². The summed E-state index contributed by atoms with van der Waals surface area (Å²) < 4.78 is 1.85. The molecule has 8 heteroatoms. The molecule has 0 radical (unpaired) electrons. The van der Waals surface area contributed by atoms with Crippen molar-refractivity contribution in [2.24, 2.45) is 7.05 Å². The lowest BCUT2D eigenvalue weighted by atomic mass is 9.89. The molecule has 1 atom stereocenters. The van der Waals surface area contributed by atoms with E-state index in [1.807, 2.05) is 16.5 Å². The van der Waals surface area contributed by atoms with Crippen LogP contribution >= 0.6 is 0 Å². The third kappa shape index (κ3) is 4.77. The lowest BCUT2D eigenvalue weighted by molar-refractivity contribution is -0.133. The van der Waals surface area contributed by atoms with E-state index in [1.54, 1.807) is 6.33 Å². The van der Waals surface area contributed by atoms with Gasteiger partial charge in [0.25, 0.3) is 0 Å². The Kier molecular flexibility index (Phi) is 5.71. The third-order valence-corrected chi connectivity index (χ3v) is 5.42. The van der Waals surface area contributed by atoms with E-state index in [1.165, 1.54) is 0 Å². The van der Waals surface area contributed by atoms with E-state index in [-0.39, 0.29) is 5.91 Å². The van der Waals surface area contributed by atoms with Crippen LogP contribution in [0, 0.1) is 0 Å². The van der Waals surface area contributed by atoms with Crippen LogP contribution in [0.3, 0.4) is 0 Å². The van der Waals surface area contributed by atoms with Gasteiger partial charge in [0, 0.05) is 59.2 Å². The van der Waals surface area contributed by atoms with Gasteiger partial charge in [0.05, 0.1) is 5.60 Å². The van der Waals surface area contributed by atoms with E-state index in [9.17, 15) is 9.90 Å². The Balaban J connectivity index is 1.48. The zero-order chi connectivity index (χ0) is 17.9. The standard InChI is InChI=1S/C17H30N6O2/c1-20-8-10-23(11-9-20)16(24)4-7-22-6-3-5-17(25,13-22)12-15-19-18-14-21(15)2/h14,25H,3-13H2,1-2H3. The Bertz CT molecular complexity index is 583. The van der Waals surface area contributed by atoms with Crippen molar-refractivity contribution in [1.29, 1.82) is 0 Å². The summed E-state index contributed by atoms with van der Waals surface area (Å²) in [6, 6.07) is 0. The van der Waals surface area contributed by atoms with E-state index < -0.39 is 5.60 Å². The second-order valence-electron chi connectivity index (χ2n) is 7.57. The monoisotopic (exact) mass is 350 g/mol. The zero-order valence-corrected chi connectivity index (χ0v) is 15.4. The number of aryl methyl sites for hydroxylation is 1. The molecule has 3 heterocycles. The van der Waals surface area contributed by atoms with Gasteiger partial charge in [-0.1, -0.05) is 0 Å². The smallest absolute Gasteiger partial charge is 0.223 e. The first kappa shape index (κ1) is 18.3. The minimum atomic E-state index is -0.782. The van der Waals surface area contributed by atoms with Crippen molar-refractivity contribution in [2.45, 2.75) is 31.3 Å². The highest BCUT2D eigenvalue weighted by atomic mass is 16.3. The van der Waals surface area contributed by atoms with Crippen molar-refractivity contribution in [3.8, 4) is 0 Å². The average Bonchev–Trinajstić information content (AvgIpc) is 2.97. The predicted octanol–water partition coefficient (Wildman–Crippen LogP) is -0.651. The van der Waals surface area contributed by atoms with Gasteiger partial charge < -0.3 is 19.5 Å². The molecule has 2 fully saturated rings. The molecule has 140 valence electrons. The van der Waals surface area contributed by atoms with Crippen LogP contribution in [-0.2, 0) is 18.3 Å². The number of piperazine rings is 1. The van der Waals surface area contributed by atoms with Gasteiger partial charge in [0.1, 0.15) is 12.2 Å². The summed E-state index contributed by atoms with van der Waals surface area (Å²) in [7, 11) is 3.99. The normalized spacial score (nSPS) is 26.1. The largest absolute Gasteiger partial charge is 0.388 e. The molecule has 1 aromatic heterocycles. The molecular formula is C17H30N6O2. The van der Waals surface area contributed by atoms with E-state index in [0.717, 1.165) is 51.4 Å². The molecule has 1 aromatic rings. The Hall–Kier alpha value is -1.51. The summed E-state index contributed by atoms with van der Waals surface area (Å²) in [5, 5.41) is 18.9. The highest BCUT2D eigenvalue weighted by molar-refractivity contribution is 5.76. The highest BCUT2D eigenvalue weighted by Crippen LogP contribution is 2.24. The van der Waals surface area contributed by atoms with Gasteiger partial charge in [-0.15, -0.1) is 10.2 Å². The van der Waals surface area contributed by atoms with E-state index in [4.69, 9.17) is 0 Å². The van der Waals surface area contributed by atoms with Crippen LogP contribution in [0.2, 0.25) is 0 Å². The number of hydrogen-bond acceptors (Lipinski definition) is 6. The van der Waals surface area contributed by atoms with Crippen molar-refractivity contribution in [3.05, 3.63) is 12.2 Å². The minimum Gasteiger partial charge on any atom is -0.388 e. The molecule has 25 heavy (non-hydrogen) atoms. The van der Waals surface area contributed by atoms with Crippen LogP contribution in [-0.4, -0.2) is 98.9 Å². The number of carbonyl (C=O) groups excluding carboxylic acids is 1. The molecule has 2 aliphatic heterocycles. The summed E-state index contributed by atoms with van der Waals surface area (Å²) >= 11 is 0. The number of nitrogens with zero attached hydrogens (tertiary/aromatic N) is 6. The molecule has 0 saturated carbocycles. The van der Waals surface area contributed by atoms with Crippen molar-refractivity contribution in [2.75, 3.05) is 52.9 Å². The summed E-state index contributed by atoms with van der Waals surface area (Å²) in [6.45, 7) is 5.80. The second-order valence-corrected chi connectivity index (χ2v) is 7.57. The summed E-state index contributed by atoms with van der Waals surface area (Å²) in [4.78, 5) is 18.8. The first-order chi connectivity index (χ1) is 12.0. The quantitative estimate of drug-likeness (QED) is 0.760. The maximum absolute atomic E-state index is 12.4. The van der Waals surface area contributed by atoms with Crippen molar-refractivity contribution in [1.82, 2.24) is 29.5 Å². The van der Waals surface area contributed by atoms with Crippen LogP contribution in [0.4, 0.5) is 0 Å². The van der Waals surface area contributed by atoms with Gasteiger partial charge in [0.2, 0.25) is 5.91 Å². The minimum absolute atomic E-state index is 0.232. The Morgan fingerprint density at radius 1 is 1.24 bits per heavy atom. The molecule has 1 unspecified atom stereocenters. The number of hydrogen-bond donors (Lipinski definition) is 1. The molecule has 0 aliphatic carbocycles. The Morgan fingerprint density at radius 2 is 2.00 bits per heavy atom. The first-order valence-electron chi connectivity index (χ1n) is 9.19. The topological polar surface area (TPSA) is 77.7 Å². The lowest BCUT2D eigenvalue weighted by Gasteiger charge is -2.39. The number of likely N-dealkylation sites (N-methyl/N-ethyl adjacent to an activating group) is 1. The Morgan fingerprint density at radius 3 is 2.68 bits per heavy atom. The van der Waals surface area contributed by atoms with Gasteiger partial charge in [-0.3, -0.25) is 9.69 Å². The Labute approximate surface area is 149 Å². The number of aliphatic hydroxyl groups is 1. The van der Waals surface area contributed by atoms with Gasteiger partial charge in [-0.25, -0.2) is 0 Å². The van der Waals surface area contributed by atoms with Crippen LogP contribution in [0.5, 0.6) is 0 Å². The summed E-state index contributed by atoms with van der Waals surface area (Å²) in [5.41, 5.74) is -0.782. The highest BCUT2D eigenvalue weighted by Gasteiger charge is 2.35. The molecule has 8 nitrogen and oxygen atoms in total. The van der Waals surface area contributed by atoms with Gasteiger partial charge >= 0.3 is 0 Å². The summed E-state index contributed by atoms with van der Waals surface area (Å²) in [6.07, 6.45) is 4.41.